The van der Waals surface area contributed by atoms with E-state index in [9.17, 15) is 14.7 Å². The van der Waals surface area contributed by atoms with Crippen molar-refractivity contribution in [1.82, 2.24) is 9.47 Å². The molecule has 2 aliphatic heterocycles. The van der Waals surface area contributed by atoms with Crippen molar-refractivity contribution in [2.75, 3.05) is 13.1 Å². The summed E-state index contributed by atoms with van der Waals surface area (Å²) in [5, 5.41) is 10.7. The van der Waals surface area contributed by atoms with Gasteiger partial charge >= 0.3 is 6.09 Å². The molecule has 1 spiro atoms. The quantitative estimate of drug-likeness (QED) is 0.792. The maximum absolute atomic E-state index is 12.2. The number of ether oxygens (including phenoxy) is 1. The molecule has 1 fully saturated rings. The van der Waals surface area contributed by atoms with Gasteiger partial charge in [0.05, 0.1) is 5.69 Å². The molecular weight excluding hydrogens is 296 g/mol. The minimum Gasteiger partial charge on any atom is -0.444 e. The number of carbonyl (C=O) groups is 1. The van der Waals surface area contributed by atoms with Crippen LogP contribution in [0.1, 0.15) is 45.4 Å². The van der Waals surface area contributed by atoms with Crippen LogP contribution in [0.2, 0.25) is 0 Å². The summed E-state index contributed by atoms with van der Waals surface area (Å²) in [5.41, 5.74) is -0.198. The van der Waals surface area contributed by atoms with Gasteiger partial charge in [0.15, 0.2) is 5.43 Å². The molecule has 0 bridgehead atoms. The number of pyridine rings is 1. The third kappa shape index (κ3) is 3.00. The Morgan fingerprint density at radius 1 is 1.35 bits per heavy atom. The van der Waals surface area contributed by atoms with E-state index in [1.165, 1.54) is 12.1 Å². The van der Waals surface area contributed by atoms with Crippen molar-refractivity contribution < 1.29 is 14.6 Å². The fourth-order valence-electron chi connectivity index (χ4n) is 3.54. The number of fused-ring (bicyclic) bond motifs is 1. The molecule has 6 heteroatoms. The zero-order valence-corrected chi connectivity index (χ0v) is 13.9. The molecule has 3 heterocycles. The zero-order valence-electron chi connectivity index (χ0n) is 13.9. The predicted molar refractivity (Wildman–Crippen MR) is 85.1 cm³/mol. The Balaban J connectivity index is 1.70. The van der Waals surface area contributed by atoms with Gasteiger partial charge in [-0.15, -0.1) is 0 Å². The highest BCUT2D eigenvalue weighted by atomic mass is 16.6. The van der Waals surface area contributed by atoms with Crippen LogP contribution < -0.4 is 5.43 Å². The number of nitrogens with zero attached hydrogens (tertiary/aromatic N) is 2. The molecule has 3 rings (SSSR count). The molecular formula is C17H24N2O4. The number of aliphatic hydroxyl groups excluding tert-OH is 1. The van der Waals surface area contributed by atoms with Crippen molar-refractivity contribution in [3.05, 3.63) is 34.2 Å². The van der Waals surface area contributed by atoms with Crippen LogP contribution in [0.25, 0.3) is 0 Å². The second kappa shape index (κ2) is 5.37. The Labute approximate surface area is 135 Å². The maximum atomic E-state index is 12.2. The Hall–Kier alpha value is -1.82. The van der Waals surface area contributed by atoms with E-state index in [2.05, 4.69) is 0 Å². The van der Waals surface area contributed by atoms with Crippen LogP contribution in [0.4, 0.5) is 4.79 Å². The summed E-state index contributed by atoms with van der Waals surface area (Å²) in [5.74, 6) is 0. The summed E-state index contributed by atoms with van der Waals surface area (Å²) >= 11 is 0. The SMILES string of the molecule is CC(C)(C)OC(=O)N1CCC2(CC1)Cn1ccc(=O)cc1C2O. The van der Waals surface area contributed by atoms with Crippen molar-refractivity contribution in [2.24, 2.45) is 5.41 Å². The molecule has 1 saturated heterocycles. The first-order valence-corrected chi connectivity index (χ1v) is 8.07. The van der Waals surface area contributed by atoms with Crippen LogP contribution in [0.5, 0.6) is 0 Å². The Kier molecular flexibility index (Phi) is 3.75. The fourth-order valence-corrected chi connectivity index (χ4v) is 3.54. The minimum atomic E-state index is -0.655. The average Bonchev–Trinajstić information content (AvgIpc) is 2.71. The van der Waals surface area contributed by atoms with Crippen LogP contribution in [0, 0.1) is 5.41 Å². The number of rotatable bonds is 0. The first kappa shape index (κ1) is 16.1. The van der Waals surface area contributed by atoms with Crippen molar-refractivity contribution in [3.63, 3.8) is 0 Å². The van der Waals surface area contributed by atoms with Gasteiger partial charge in [-0.1, -0.05) is 0 Å². The molecule has 1 unspecified atom stereocenters. The largest absolute Gasteiger partial charge is 0.444 e. The molecule has 0 radical (unpaired) electrons. The Morgan fingerprint density at radius 3 is 2.61 bits per heavy atom. The van der Waals surface area contributed by atoms with Gasteiger partial charge in [-0.3, -0.25) is 4.79 Å². The monoisotopic (exact) mass is 320 g/mol. The molecule has 1 amide bonds. The summed E-state index contributed by atoms with van der Waals surface area (Å²) in [6.07, 6.45) is 2.19. The molecule has 1 N–H and O–H groups in total. The molecule has 126 valence electrons. The van der Waals surface area contributed by atoms with E-state index in [-0.39, 0.29) is 16.9 Å². The predicted octanol–water partition coefficient (Wildman–Crippen LogP) is 1.91. The zero-order chi connectivity index (χ0) is 16.8. The van der Waals surface area contributed by atoms with Crippen molar-refractivity contribution >= 4 is 6.09 Å². The lowest BCUT2D eigenvalue weighted by Gasteiger charge is -2.41. The lowest BCUT2D eigenvalue weighted by atomic mass is 9.75. The lowest BCUT2D eigenvalue weighted by molar-refractivity contribution is -0.0273. The van der Waals surface area contributed by atoms with E-state index in [0.29, 0.717) is 38.2 Å². The first-order chi connectivity index (χ1) is 10.7. The molecule has 0 saturated carbocycles. The molecule has 1 aromatic rings. The Morgan fingerprint density at radius 2 is 2.00 bits per heavy atom. The van der Waals surface area contributed by atoms with Crippen molar-refractivity contribution in [1.29, 1.82) is 0 Å². The van der Waals surface area contributed by atoms with E-state index in [4.69, 9.17) is 4.74 Å². The van der Waals surface area contributed by atoms with Gasteiger partial charge in [-0.05, 0) is 33.6 Å². The molecule has 1 aromatic heterocycles. The molecule has 0 aromatic carbocycles. The second-order valence-electron chi connectivity index (χ2n) is 7.65. The van der Waals surface area contributed by atoms with Gasteiger partial charge in [-0.2, -0.15) is 0 Å². The molecule has 1 atom stereocenters. The van der Waals surface area contributed by atoms with Crippen LogP contribution in [0.3, 0.4) is 0 Å². The van der Waals surface area contributed by atoms with Gasteiger partial charge in [0.25, 0.3) is 0 Å². The summed E-state index contributed by atoms with van der Waals surface area (Å²) in [6.45, 7) is 7.36. The van der Waals surface area contributed by atoms with Crippen LogP contribution in [0.15, 0.2) is 23.1 Å². The number of carbonyl (C=O) groups excluding carboxylic acids is 1. The van der Waals surface area contributed by atoms with Crippen LogP contribution >= 0.6 is 0 Å². The highest BCUT2D eigenvalue weighted by Crippen LogP contribution is 2.48. The smallest absolute Gasteiger partial charge is 0.410 e. The average molecular weight is 320 g/mol. The highest BCUT2D eigenvalue weighted by molar-refractivity contribution is 5.68. The number of aliphatic hydroxyl groups is 1. The fraction of sp³-hybridized carbons (Fsp3) is 0.647. The third-order valence-electron chi connectivity index (χ3n) is 4.80. The van der Waals surface area contributed by atoms with E-state index in [1.54, 1.807) is 11.1 Å². The lowest BCUT2D eigenvalue weighted by Crippen LogP contribution is -2.46. The summed E-state index contributed by atoms with van der Waals surface area (Å²) in [7, 11) is 0. The normalized spacial score (nSPS) is 23.0. The standard InChI is InChI=1S/C17H24N2O4/c1-16(2,3)23-15(22)18-8-5-17(6-9-18)11-19-7-4-12(20)10-13(19)14(17)21/h4,7,10,14,21H,5-6,8-9,11H2,1-3H3. The van der Waals surface area contributed by atoms with Gasteiger partial charge in [0.2, 0.25) is 0 Å². The number of hydrogen-bond donors (Lipinski definition) is 1. The van der Waals surface area contributed by atoms with E-state index < -0.39 is 11.7 Å². The van der Waals surface area contributed by atoms with Gasteiger partial charge in [-0.25, -0.2) is 4.79 Å². The number of amides is 1. The third-order valence-corrected chi connectivity index (χ3v) is 4.80. The van der Waals surface area contributed by atoms with Crippen molar-refractivity contribution in [3.8, 4) is 0 Å². The van der Waals surface area contributed by atoms with Crippen LogP contribution in [-0.4, -0.2) is 39.4 Å². The summed E-state index contributed by atoms with van der Waals surface area (Å²) < 4.78 is 7.36. The summed E-state index contributed by atoms with van der Waals surface area (Å²) in [4.78, 5) is 25.4. The second-order valence-corrected chi connectivity index (χ2v) is 7.65. The summed E-state index contributed by atoms with van der Waals surface area (Å²) in [6, 6.07) is 3.03. The van der Waals surface area contributed by atoms with Crippen LogP contribution in [-0.2, 0) is 11.3 Å². The van der Waals surface area contributed by atoms with Gasteiger partial charge in [0, 0.05) is 43.4 Å². The number of aromatic nitrogens is 1. The number of piperidine rings is 1. The minimum absolute atomic E-state index is 0.0847. The van der Waals surface area contributed by atoms with E-state index in [0.717, 1.165) is 0 Å². The highest BCUT2D eigenvalue weighted by Gasteiger charge is 2.48. The maximum Gasteiger partial charge on any atom is 0.410 e. The molecule has 6 nitrogen and oxygen atoms in total. The Bertz CT molecular complexity index is 666. The molecule has 23 heavy (non-hydrogen) atoms. The topological polar surface area (TPSA) is 71.8 Å². The van der Waals surface area contributed by atoms with E-state index in [1.807, 2.05) is 25.3 Å². The number of hydrogen-bond acceptors (Lipinski definition) is 4. The van der Waals surface area contributed by atoms with E-state index >= 15 is 0 Å². The van der Waals surface area contributed by atoms with Gasteiger partial charge < -0.3 is 19.3 Å². The molecule has 0 aliphatic carbocycles. The first-order valence-electron chi connectivity index (χ1n) is 8.07. The molecule has 2 aliphatic rings. The van der Waals surface area contributed by atoms with Crippen molar-refractivity contribution in [2.45, 2.75) is 51.9 Å². The number of likely N-dealkylation sites (tertiary alicyclic amines) is 1. The van der Waals surface area contributed by atoms with Gasteiger partial charge in [0.1, 0.15) is 11.7 Å².